The Bertz CT molecular complexity index is 205. The third-order valence-electron chi connectivity index (χ3n) is 2.93. The van der Waals surface area contributed by atoms with Gasteiger partial charge in [0.05, 0.1) is 0 Å². The molecule has 0 heterocycles. The van der Waals surface area contributed by atoms with Gasteiger partial charge in [-0.05, 0) is 18.8 Å². The molecule has 68 valence electrons. The van der Waals surface area contributed by atoms with Gasteiger partial charge in [0.15, 0.2) is 0 Å². The second kappa shape index (κ2) is 2.73. The fraction of sp³-hybridized carbons (Fsp3) is 0.889. The maximum absolute atomic E-state index is 11.3. The highest BCUT2D eigenvalue weighted by Gasteiger charge is 2.44. The predicted octanol–water partition coefficient (Wildman–Crippen LogP) is 0.139. The van der Waals surface area contributed by atoms with Crippen LogP contribution in [-0.4, -0.2) is 23.7 Å². The average Bonchev–Trinajstić information content (AvgIpc) is 2.88. The molecule has 4 atom stereocenters. The second-order valence-corrected chi connectivity index (χ2v) is 4.11. The Kier molecular flexibility index (Phi) is 1.83. The maximum Gasteiger partial charge on any atom is 0.223 e. The van der Waals surface area contributed by atoms with E-state index in [1.54, 1.807) is 0 Å². The lowest BCUT2D eigenvalue weighted by atomic mass is 10.3. The summed E-state index contributed by atoms with van der Waals surface area (Å²) in [5.41, 5.74) is 0. The number of amides is 1. The van der Waals surface area contributed by atoms with Crippen LogP contribution in [-0.2, 0) is 4.79 Å². The molecule has 0 bridgehead atoms. The van der Waals surface area contributed by atoms with Crippen LogP contribution in [0.5, 0.6) is 0 Å². The van der Waals surface area contributed by atoms with Gasteiger partial charge in [-0.2, -0.15) is 0 Å². The summed E-state index contributed by atoms with van der Waals surface area (Å²) in [6.07, 6.45) is 2.01. The smallest absolute Gasteiger partial charge is 0.223 e. The minimum atomic E-state index is 0.198. The van der Waals surface area contributed by atoms with Gasteiger partial charge >= 0.3 is 0 Å². The van der Waals surface area contributed by atoms with E-state index in [4.69, 9.17) is 5.11 Å². The molecule has 0 aliphatic heterocycles. The minimum absolute atomic E-state index is 0.198. The third-order valence-corrected chi connectivity index (χ3v) is 2.93. The second-order valence-electron chi connectivity index (χ2n) is 4.11. The Morgan fingerprint density at radius 3 is 2.67 bits per heavy atom. The molecule has 0 aromatic carbocycles. The van der Waals surface area contributed by atoms with Crippen molar-refractivity contribution in [1.29, 1.82) is 0 Å². The van der Waals surface area contributed by atoms with E-state index in [9.17, 15) is 4.79 Å². The Morgan fingerprint density at radius 1 is 1.58 bits per heavy atom. The topological polar surface area (TPSA) is 49.3 Å². The SMILES string of the molecule is C[C@H]1C[C@@H]1C(=O)N[C@@H]1C[C@H]1CO. The van der Waals surface area contributed by atoms with Crippen molar-refractivity contribution in [2.75, 3.05) is 6.61 Å². The summed E-state index contributed by atoms with van der Waals surface area (Å²) in [6, 6.07) is 0.273. The molecule has 12 heavy (non-hydrogen) atoms. The van der Waals surface area contributed by atoms with Crippen LogP contribution in [0.2, 0.25) is 0 Å². The van der Waals surface area contributed by atoms with Crippen LogP contribution in [0.4, 0.5) is 0 Å². The predicted molar refractivity (Wildman–Crippen MR) is 44.4 cm³/mol. The van der Waals surface area contributed by atoms with Crippen LogP contribution in [0.15, 0.2) is 0 Å². The van der Waals surface area contributed by atoms with E-state index >= 15 is 0 Å². The molecule has 2 fully saturated rings. The Balaban J connectivity index is 1.71. The van der Waals surface area contributed by atoms with E-state index < -0.39 is 0 Å². The largest absolute Gasteiger partial charge is 0.396 e. The molecule has 2 aliphatic carbocycles. The van der Waals surface area contributed by atoms with Gasteiger partial charge in [-0.1, -0.05) is 6.92 Å². The van der Waals surface area contributed by atoms with Gasteiger partial charge in [-0.3, -0.25) is 4.79 Å². The molecular formula is C9H15NO2. The standard InChI is InChI=1S/C9H15NO2/c1-5-2-7(5)9(12)10-8-3-6(8)4-11/h5-8,11H,2-4H2,1H3,(H,10,12)/t5-,6-,7-,8+/m0/s1. The van der Waals surface area contributed by atoms with Gasteiger partial charge in [-0.25, -0.2) is 0 Å². The number of carbonyl (C=O) groups excluding carboxylic acids is 1. The van der Waals surface area contributed by atoms with Crippen molar-refractivity contribution < 1.29 is 9.90 Å². The first-order chi connectivity index (χ1) is 5.72. The molecular weight excluding hydrogens is 154 g/mol. The van der Waals surface area contributed by atoms with E-state index in [0.717, 1.165) is 12.8 Å². The summed E-state index contributed by atoms with van der Waals surface area (Å²) in [6.45, 7) is 2.31. The maximum atomic E-state index is 11.3. The normalized spacial score (nSPS) is 43.8. The molecule has 0 unspecified atom stereocenters. The molecule has 2 saturated carbocycles. The first-order valence-electron chi connectivity index (χ1n) is 4.63. The molecule has 0 radical (unpaired) electrons. The highest BCUT2D eigenvalue weighted by Crippen LogP contribution is 2.39. The summed E-state index contributed by atoms with van der Waals surface area (Å²) >= 11 is 0. The number of carbonyl (C=O) groups is 1. The number of hydrogen-bond acceptors (Lipinski definition) is 2. The van der Waals surface area contributed by atoms with Crippen LogP contribution in [0.3, 0.4) is 0 Å². The summed E-state index contributed by atoms with van der Waals surface area (Å²) in [7, 11) is 0. The minimum Gasteiger partial charge on any atom is -0.396 e. The lowest BCUT2D eigenvalue weighted by Gasteiger charge is -2.01. The number of rotatable bonds is 3. The Morgan fingerprint density at radius 2 is 2.25 bits per heavy atom. The quantitative estimate of drug-likeness (QED) is 0.631. The molecule has 3 heteroatoms. The summed E-state index contributed by atoms with van der Waals surface area (Å²) in [4.78, 5) is 11.3. The summed E-state index contributed by atoms with van der Waals surface area (Å²) < 4.78 is 0. The molecule has 0 spiro atoms. The van der Waals surface area contributed by atoms with E-state index in [0.29, 0.717) is 11.8 Å². The zero-order valence-electron chi connectivity index (χ0n) is 7.29. The first-order valence-corrected chi connectivity index (χ1v) is 4.63. The van der Waals surface area contributed by atoms with Crippen LogP contribution in [0.25, 0.3) is 0 Å². The van der Waals surface area contributed by atoms with Crippen LogP contribution < -0.4 is 5.32 Å². The number of hydrogen-bond donors (Lipinski definition) is 2. The van der Waals surface area contributed by atoms with Gasteiger partial charge in [-0.15, -0.1) is 0 Å². The first kappa shape index (κ1) is 8.05. The summed E-state index contributed by atoms with van der Waals surface area (Å²) in [5.74, 6) is 1.38. The number of nitrogens with one attached hydrogen (secondary N) is 1. The lowest BCUT2D eigenvalue weighted by Crippen LogP contribution is -2.29. The van der Waals surface area contributed by atoms with Gasteiger partial charge in [0.1, 0.15) is 0 Å². The van der Waals surface area contributed by atoms with Gasteiger partial charge in [0, 0.05) is 24.5 Å². The van der Waals surface area contributed by atoms with Crippen LogP contribution >= 0.6 is 0 Å². The molecule has 1 amide bonds. The van der Waals surface area contributed by atoms with E-state index in [1.807, 2.05) is 0 Å². The highest BCUT2D eigenvalue weighted by atomic mass is 16.3. The molecule has 2 N–H and O–H groups in total. The molecule has 3 nitrogen and oxygen atoms in total. The van der Waals surface area contributed by atoms with Crippen molar-refractivity contribution in [3.63, 3.8) is 0 Å². The molecule has 0 aromatic rings. The van der Waals surface area contributed by atoms with Crippen molar-refractivity contribution in [2.24, 2.45) is 17.8 Å². The van der Waals surface area contributed by atoms with E-state index in [1.165, 1.54) is 0 Å². The molecule has 0 saturated heterocycles. The van der Waals surface area contributed by atoms with Crippen molar-refractivity contribution in [1.82, 2.24) is 5.32 Å². The molecule has 0 aromatic heterocycles. The van der Waals surface area contributed by atoms with Gasteiger partial charge in [0.2, 0.25) is 5.91 Å². The molecule has 2 aliphatic rings. The van der Waals surface area contributed by atoms with Crippen molar-refractivity contribution in [3.05, 3.63) is 0 Å². The van der Waals surface area contributed by atoms with E-state index in [-0.39, 0.29) is 24.5 Å². The fourth-order valence-electron chi connectivity index (χ4n) is 1.60. The number of aliphatic hydroxyl groups excluding tert-OH is 1. The van der Waals surface area contributed by atoms with E-state index in [2.05, 4.69) is 12.2 Å². The average molecular weight is 169 g/mol. The summed E-state index contributed by atoms with van der Waals surface area (Å²) in [5, 5.41) is 11.7. The van der Waals surface area contributed by atoms with Crippen molar-refractivity contribution in [2.45, 2.75) is 25.8 Å². The zero-order valence-corrected chi connectivity index (χ0v) is 7.29. The fourth-order valence-corrected chi connectivity index (χ4v) is 1.60. The highest BCUT2D eigenvalue weighted by molar-refractivity contribution is 5.82. The van der Waals surface area contributed by atoms with Crippen molar-refractivity contribution >= 4 is 5.91 Å². The lowest BCUT2D eigenvalue weighted by molar-refractivity contribution is -0.122. The molecule has 2 rings (SSSR count). The number of aliphatic hydroxyl groups is 1. The Labute approximate surface area is 72.2 Å². The van der Waals surface area contributed by atoms with Crippen LogP contribution in [0, 0.1) is 17.8 Å². The van der Waals surface area contributed by atoms with Crippen molar-refractivity contribution in [3.8, 4) is 0 Å². The van der Waals surface area contributed by atoms with Gasteiger partial charge < -0.3 is 10.4 Å². The Hall–Kier alpha value is -0.570. The van der Waals surface area contributed by atoms with Gasteiger partial charge in [0.25, 0.3) is 0 Å². The third kappa shape index (κ3) is 1.46. The van der Waals surface area contributed by atoms with Crippen LogP contribution in [0.1, 0.15) is 19.8 Å². The zero-order chi connectivity index (χ0) is 8.72. The monoisotopic (exact) mass is 169 g/mol.